The Balaban J connectivity index is 1.51. The van der Waals surface area contributed by atoms with Crippen molar-refractivity contribution in [1.82, 2.24) is 0 Å². The maximum Gasteiger partial charge on any atom is 0.310 e. The lowest BCUT2D eigenvalue weighted by Gasteiger charge is -2.38. The monoisotopic (exact) mass is 379 g/mol. The maximum absolute atomic E-state index is 12.5. The minimum atomic E-state index is -0.184. The van der Waals surface area contributed by atoms with Crippen LogP contribution in [0.5, 0.6) is 0 Å². The Bertz CT molecular complexity index is 821. The largest absolute Gasteiger partial charge is 0.461 e. The van der Waals surface area contributed by atoms with Gasteiger partial charge in [0.25, 0.3) is 0 Å². The van der Waals surface area contributed by atoms with Crippen molar-refractivity contribution in [2.24, 2.45) is 5.73 Å². The zero-order valence-electron chi connectivity index (χ0n) is 16.5. The minimum absolute atomic E-state index is 0.0514. The number of hydrogen-bond donors (Lipinski definition) is 1. The minimum Gasteiger partial charge on any atom is -0.461 e. The maximum atomic E-state index is 12.5. The molecule has 0 aromatic heterocycles. The van der Waals surface area contributed by atoms with Crippen LogP contribution < -0.4 is 5.73 Å². The molecule has 28 heavy (non-hydrogen) atoms. The molecule has 2 N–H and O–H groups in total. The van der Waals surface area contributed by atoms with Crippen molar-refractivity contribution >= 4 is 5.97 Å². The van der Waals surface area contributed by atoms with Gasteiger partial charge in [0.15, 0.2) is 0 Å². The summed E-state index contributed by atoms with van der Waals surface area (Å²) in [6.07, 6.45) is 4.67. The first-order valence-corrected chi connectivity index (χ1v) is 10.2. The van der Waals surface area contributed by atoms with E-state index in [2.05, 4.69) is 25.1 Å². The molecule has 2 aliphatic rings. The van der Waals surface area contributed by atoms with Gasteiger partial charge in [-0.2, -0.15) is 0 Å². The predicted molar refractivity (Wildman–Crippen MR) is 109 cm³/mol. The van der Waals surface area contributed by atoms with Gasteiger partial charge in [-0.3, -0.25) is 4.79 Å². The van der Waals surface area contributed by atoms with E-state index >= 15 is 0 Å². The Kier molecular flexibility index (Phi) is 5.51. The van der Waals surface area contributed by atoms with Crippen molar-refractivity contribution in [3.05, 3.63) is 70.8 Å². The van der Waals surface area contributed by atoms with E-state index in [-0.39, 0.29) is 17.5 Å². The number of nitrogens with two attached hydrogens (primary N) is 1. The van der Waals surface area contributed by atoms with Gasteiger partial charge in [-0.15, -0.1) is 0 Å². The molecule has 2 aromatic rings. The molecule has 1 atom stereocenters. The lowest BCUT2D eigenvalue weighted by molar-refractivity contribution is -0.144. The lowest BCUT2D eigenvalue weighted by atomic mass is 9.68. The molecule has 2 aromatic carbocycles. The average molecular weight is 380 g/mol. The summed E-state index contributed by atoms with van der Waals surface area (Å²) in [5.41, 5.74) is 10.8. The lowest BCUT2D eigenvalue weighted by Crippen LogP contribution is -2.35. The molecule has 0 spiro atoms. The molecule has 1 aliphatic carbocycles. The van der Waals surface area contributed by atoms with Gasteiger partial charge in [-0.05, 0) is 53.4 Å². The van der Waals surface area contributed by atoms with E-state index in [0.29, 0.717) is 19.1 Å². The van der Waals surface area contributed by atoms with Crippen molar-refractivity contribution in [3.63, 3.8) is 0 Å². The van der Waals surface area contributed by atoms with E-state index in [1.54, 1.807) is 0 Å². The molecule has 4 heteroatoms. The van der Waals surface area contributed by atoms with Crippen LogP contribution in [0.2, 0.25) is 0 Å². The van der Waals surface area contributed by atoms with Gasteiger partial charge >= 0.3 is 5.97 Å². The van der Waals surface area contributed by atoms with Gasteiger partial charge < -0.3 is 15.2 Å². The van der Waals surface area contributed by atoms with E-state index in [9.17, 15) is 4.79 Å². The first-order valence-electron chi connectivity index (χ1n) is 10.2. The molecule has 2 fully saturated rings. The standard InChI is InChI=1S/C24H29NO3/c1-24(11-9-20(25)10-12-24)21-13-19(22-16-27-22)8-7-18(21)14-23(26)28-15-17-5-3-2-4-6-17/h2-8,13,20,22H,9-12,14-16,25H2,1H3. The van der Waals surface area contributed by atoms with Gasteiger partial charge in [-0.25, -0.2) is 0 Å². The molecule has 1 aliphatic heterocycles. The molecule has 4 nitrogen and oxygen atoms in total. The second-order valence-corrected chi connectivity index (χ2v) is 8.46. The third-order valence-corrected chi connectivity index (χ3v) is 6.20. The second-order valence-electron chi connectivity index (χ2n) is 8.46. The number of rotatable bonds is 6. The first-order chi connectivity index (χ1) is 13.5. The Morgan fingerprint density at radius 1 is 1.18 bits per heavy atom. The summed E-state index contributed by atoms with van der Waals surface area (Å²) >= 11 is 0. The molecule has 148 valence electrons. The SMILES string of the molecule is CC1(c2cc(C3CO3)ccc2CC(=O)OCc2ccccc2)CCC(N)CC1. The van der Waals surface area contributed by atoms with Crippen molar-refractivity contribution in [1.29, 1.82) is 0 Å². The summed E-state index contributed by atoms with van der Waals surface area (Å²) in [7, 11) is 0. The van der Waals surface area contributed by atoms with Crippen LogP contribution in [0.25, 0.3) is 0 Å². The molecule has 1 heterocycles. The average Bonchev–Trinajstić information content (AvgIpc) is 3.55. The van der Waals surface area contributed by atoms with Crippen LogP contribution in [0.1, 0.15) is 61.0 Å². The zero-order valence-corrected chi connectivity index (χ0v) is 16.5. The second kappa shape index (κ2) is 8.06. The van der Waals surface area contributed by atoms with E-state index in [0.717, 1.165) is 43.4 Å². The van der Waals surface area contributed by atoms with Gasteiger partial charge in [-0.1, -0.05) is 55.5 Å². The number of esters is 1. The fourth-order valence-corrected chi connectivity index (χ4v) is 4.24. The fraction of sp³-hybridized carbons (Fsp3) is 0.458. The number of ether oxygens (including phenoxy) is 2. The van der Waals surface area contributed by atoms with Crippen LogP contribution in [-0.2, 0) is 32.7 Å². The molecular formula is C24H29NO3. The summed E-state index contributed by atoms with van der Waals surface area (Å²) in [5, 5.41) is 0. The zero-order chi connectivity index (χ0) is 19.6. The number of epoxide rings is 1. The molecule has 0 amide bonds. The highest BCUT2D eigenvalue weighted by atomic mass is 16.6. The number of carbonyl (C=O) groups is 1. The van der Waals surface area contributed by atoms with E-state index in [1.807, 2.05) is 30.3 Å². The molecule has 4 rings (SSSR count). The highest BCUT2D eigenvalue weighted by Crippen LogP contribution is 2.42. The van der Waals surface area contributed by atoms with Gasteiger partial charge in [0.2, 0.25) is 0 Å². The number of benzene rings is 2. The van der Waals surface area contributed by atoms with Crippen LogP contribution in [0.4, 0.5) is 0 Å². The summed E-state index contributed by atoms with van der Waals surface area (Å²) < 4.78 is 11.0. The van der Waals surface area contributed by atoms with Crippen LogP contribution in [0.3, 0.4) is 0 Å². The quantitative estimate of drug-likeness (QED) is 0.603. The molecule has 0 bridgehead atoms. The number of hydrogen-bond acceptors (Lipinski definition) is 4. The van der Waals surface area contributed by atoms with Crippen LogP contribution in [-0.4, -0.2) is 18.6 Å². The molecule has 1 saturated heterocycles. The normalized spacial score (nSPS) is 26.6. The Morgan fingerprint density at radius 2 is 1.89 bits per heavy atom. The van der Waals surface area contributed by atoms with E-state index in [4.69, 9.17) is 15.2 Å². The highest BCUT2D eigenvalue weighted by Gasteiger charge is 2.35. The van der Waals surface area contributed by atoms with Crippen molar-refractivity contribution in [2.45, 2.75) is 63.2 Å². The summed E-state index contributed by atoms with van der Waals surface area (Å²) in [6, 6.07) is 16.5. The van der Waals surface area contributed by atoms with Gasteiger partial charge in [0.05, 0.1) is 13.0 Å². The first kappa shape index (κ1) is 19.2. The van der Waals surface area contributed by atoms with Crippen LogP contribution >= 0.6 is 0 Å². The fourth-order valence-electron chi connectivity index (χ4n) is 4.24. The summed E-state index contributed by atoms with van der Waals surface area (Å²) in [4.78, 5) is 12.5. The summed E-state index contributed by atoms with van der Waals surface area (Å²) in [5.74, 6) is -0.184. The molecule has 1 unspecified atom stereocenters. The van der Waals surface area contributed by atoms with E-state index < -0.39 is 0 Å². The van der Waals surface area contributed by atoms with Gasteiger partial charge in [0, 0.05) is 6.04 Å². The van der Waals surface area contributed by atoms with Crippen molar-refractivity contribution < 1.29 is 14.3 Å². The third kappa shape index (κ3) is 4.45. The molecule has 1 saturated carbocycles. The predicted octanol–water partition coefficient (Wildman–Crippen LogP) is 4.20. The summed E-state index contributed by atoms with van der Waals surface area (Å²) in [6.45, 7) is 3.42. The van der Waals surface area contributed by atoms with E-state index in [1.165, 1.54) is 11.1 Å². The van der Waals surface area contributed by atoms with Crippen molar-refractivity contribution in [2.75, 3.05) is 6.61 Å². The molecule has 0 radical (unpaired) electrons. The number of carbonyl (C=O) groups excluding carboxylic acids is 1. The highest BCUT2D eigenvalue weighted by molar-refractivity contribution is 5.73. The Hall–Kier alpha value is -2.17. The van der Waals surface area contributed by atoms with Crippen molar-refractivity contribution in [3.8, 4) is 0 Å². The smallest absolute Gasteiger partial charge is 0.310 e. The Morgan fingerprint density at radius 3 is 2.57 bits per heavy atom. The molecular weight excluding hydrogens is 350 g/mol. The van der Waals surface area contributed by atoms with Crippen LogP contribution in [0.15, 0.2) is 48.5 Å². The van der Waals surface area contributed by atoms with Crippen LogP contribution in [0, 0.1) is 0 Å². The van der Waals surface area contributed by atoms with Gasteiger partial charge in [0.1, 0.15) is 12.7 Å². The Labute approximate surface area is 167 Å². The third-order valence-electron chi connectivity index (χ3n) is 6.20. The topological polar surface area (TPSA) is 64.8 Å².